The Balaban J connectivity index is 2.36. The second kappa shape index (κ2) is 4.14. The van der Waals surface area contributed by atoms with Crippen LogP contribution in [0.4, 0.5) is 5.82 Å². The van der Waals surface area contributed by atoms with Gasteiger partial charge in [0, 0.05) is 13.1 Å². The summed E-state index contributed by atoms with van der Waals surface area (Å²) in [5, 5.41) is 7.95. The third kappa shape index (κ3) is 2.49. The highest BCUT2D eigenvalue weighted by molar-refractivity contribution is 6.29. The van der Waals surface area contributed by atoms with Crippen LogP contribution in [0.3, 0.4) is 0 Å². The molecule has 1 fully saturated rings. The smallest absolute Gasteiger partial charge is 0.252 e. The lowest BCUT2D eigenvalue weighted by molar-refractivity contribution is 0.1000. The van der Waals surface area contributed by atoms with Gasteiger partial charge in [-0.15, -0.1) is 10.2 Å². The minimum absolute atomic E-state index is 0.181. The molecule has 1 aromatic heterocycles. The van der Waals surface area contributed by atoms with Gasteiger partial charge in [0.05, 0.1) is 5.56 Å². The summed E-state index contributed by atoms with van der Waals surface area (Å²) in [5.74, 6) is 0.00832. The molecule has 2 rings (SSSR count). The molecule has 0 saturated carbocycles. The molecule has 1 aliphatic heterocycles. The molecule has 1 saturated heterocycles. The molecule has 1 amide bonds. The summed E-state index contributed by atoms with van der Waals surface area (Å²) >= 11 is 5.72. The number of anilines is 1. The van der Waals surface area contributed by atoms with Gasteiger partial charge in [0.25, 0.3) is 5.91 Å². The van der Waals surface area contributed by atoms with Gasteiger partial charge in [-0.2, -0.15) is 0 Å². The highest BCUT2D eigenvalue weighted by Gasteiger charge is 2.32. The average molecular weight is 255 g/mol. The van der Waals surface area contributed by atoms with Crippen LogP contribution in [0.15, 0.2) is 6.07 Å². The predicted molar refractivity (Wildman–Crippen MR) is 66.2 cm³/mol. The average Bonchev–Trinajstić information content (AvgIpc) is 2.58. The minimum atomic E-state index is -0.526. The molecule has 1 aliphatic rings. The molecule has 5 nitrogen and oxygen atoms in total. The second-order valence-corrected chi connectivity index (χ2v) is 5.49. The Labute approximate surface area is 105 Å². The maximum atomic E-state index is 11.4. The number of nitrogens with two attached hydrogens (primary N) is 1. The monoisotopic (exact) mass is 254 g/mol. The van der Waals surface area contributed by atoms with Crippen LogP contribution in [0.25, 0.3) is 0 Å². The number of nitrogens with zero attached hydrogens (tertiary/aromatic N) is 3. The van der Waals surface area contributed by atoms with Gasteiger partial charge in [0.2, 0.25) is 0 Å². The van der Waals surface area contributed by atoms with Crippen LogP contribution in [-0.2, 0) is 0 Å². The van der Waals surface area contributed by atoms with Gasteiger partial charge in [-0.05, 0) is 17.9 Å². The van der Waals surface area contributed by atoms with E-state index in [9.17, 15) is 4.79 Å². The van der Waals surface area contributed by atoms with Crippen LogP contribution in [0.1, 0.15) is 30.6 Å². The molecule has 1 aromatic rings. The zero-order chi connectivity index (χ0) is 12.6. The predicted octanol–water partition coefficient (Wildman–Crippen LogP) is 1.47. The van der Waals surface area contributed by atoms with E-state index < -0.39 is 5.91 Å². The maximum absolute atomic E-state index is 11.4. The summed E-state index contributed by atoms with van der Waals surface area (Å²) in [6, 6.07) is 1.47. The molecule has 0 spiro atoms. The number of amides is 1. The Kier molecular flexibility index (Phi) is 2.95. The first-order valence-electron chi connectivity index (χ1n) is 5.47. The topological polar surface area (TPSA) is 72.1 Å². The van der Waals surface area contributed by atoms with Gasteiger partial charge in [-0.3, -0.25) is 4.79 Å². The van der Waals surface area contributed by atoms with Crippen LogP contribution < -0.4 is 10.6 Å². The Hall–Kier alpha value is -1.36. The van der Waals surface area contributed by atoms with Gasteiger partial charge >= 0.3 is 0 Å². The Morgan fingerprint density at radius 2 is 2.24 bits per heavy atom. The zero-order valence-corrected chi connectivity index (χ0v) is 10.7. The molecular formula is C11H15ClN4O. The molecule has 0 unspecified atom stereocenters. The van der Waals surface area contributed by atoms with Crippen molar-refractivity contribution in [3.63, 3.8) is 0 Å². The van der Waals surface area contributed by atoms with Crippen molar-refractivity contribution in [1.29, 1.82) is 0 Å². The number of carbonyl (C=O) groups is 1. The molecule has 2 heterocycles. The first-order chi connectivity index (χ1) is 7.89. The number of halogens is 1. The van der Waals surface area contributed by atoms with E-state index in [2.05, 4.69) is 24.0 Å². The molecule has 0 radical (unpaired) electrons. The number of rotatable bonds is 2. The van der Waals surface area contributed by atoms with E-state index in [1.54, 1.807) is 0 Å². The molecule has 6 heteroatoms. The van der Waals surface area contributed by atoms with Crippen molar-refractivity contribution in [3.8, 4) is 0 Å². The second-order valence-electron chi connectivity index (χ2n) is 5.10. The summed E-state index contributed by atoms with van der Waals surface area (Å²) in [5.41, 5.74) is 5.88. The number of hydrogen-bond donors (Lipinski definition) is 1. The van der Waals surface area contributed by atoms with Crippen molar-refractivity contribution >= 4 is 23.3 Å². The van der Waals surface area contributed by atoms with Crippen molar-refractivity contribution < 1.29 is 4.79 Å². The Morgan fingerprint density at radius 1 is 1.53 bits per heavy atom. The lowest BCUT2D eigenvalue weighted by Gasteiger charge is -2.21. The van der Waals surface area contributed by atoms with Crippen LogP contribution in [-0.4, -0.2) is 29.2 Å². The lowest BCUT2D eigenvalue weighted by atomic mass is 9.93. The normalized spacial score (nSPS) is 18.4. The third-order valence-corrected chi connectivity index (χ3v) is 3.17. The standard InChI is InChI=1S/C11H15ClN4O/c1-11(2)3-4-16(6-11)10-7(9(13)17)5-8(12)14-15-10/h5H,3-4,6H2,1-2H3,(H2,13,17). The SMILES string of the molecule is CC1(C)CCN(c2nnc(Cl)cc2C(N)=O)C1. The lowest BCUT2D eigenvalue weighted by Crippen LogP contribution is -2.27. The van der Waals surface area contributed by atoms with E-state index in [-0.39, 0.29) is 10.6 Å². The number of carbonyl (C=O) groups excluding carboxylic acids is 1. The summed E-state index contributed by atoms with van der Waals surface area (Å²) < 4.78 is 0. The Morgan fingerprint density at radius 3 is 2.76 bits per heavy atom. The molecule has 2 N–H and O–H groups in total. The minimum Gasteiger partial charge on any atom is -0.365 e. The fourth-order valence-electron chi connectivity index (χ4n) is 2.07. The molecule has 0 aromatic carbocycles. The fraction of sp³-hybridized carbons (Fsp3) is 0.545. The van der Waals surface area contributed by atoms with Gasteiger partial charge in [-0.1, -0.05) is 25.4 Å². The number of primary amides is 1. The van der Waals surface area contributed by atoms with Gasteiger partial charge in [0.1, 0.15) is 0 Å². The van der Waals surface area contributed by atoms with Gasteiger partial charge in [-0.25, -0.2) is 0 Å². The van der Waals surface area contributed by atoms with Crippen LogP contribution in [0.5, 0.6) is 0 Å². The van der Waals surface area contributed by atoms with Crippen LogP contribution in [0, 0.1) is 5.41 Å². The third-order valence-electron chi connectivity index (χ3n) is 2.99. The van der Waals surface area contributed by atoms with E-state index in [1.807, 2.05) is 4.90 Å². The number of aromatic nitrogens is 2. The van der Waals surface area contributed by atoms with Crippen molar-refractivity contribution in [1.82, 2.24) is 10.2 Å². The highest BCUT2D eigenvalue weighted by atomic mass is 35.5. The summed E-state index contributed by atoms with van der Waals surface area (Å²) in [7, 11) is 0. The molecule has 92 valence electrons. The molecular weight excluding hydrogens is 240 g/mol. The van der Waals surface area contributed by atoms with E-state index in [4.69, 9.17) is 17.3 Å². The van der Waals surface area contributed by atoms with Crippen molar-refractivity contribution in [2.45, 2.75) is 20.3 Å². The summed E-state index contributed by atoms with van der Waals surface area (Å²) in [4.78, 5) is 13.4. The van der Waals surface area contributed by atoms with Crippen molar-refractivity contribution in [2.24, 2.45) is 11.1 Å². The van der Waals surface area contributed by atoms with Gasteiger partial charge < -0.3 is 10.6 Å². The quantitative estimate of drug-likeness (QED) is 0.867. The highest BCUT2D eigenvalue weighted by Crippen LogP contribution is 2.33. The van der Waals surface area contributed by atoms with E-state index in [1.165, 1.54) is 6.07 Å². The molecule has 0 aliphatic carbocycles. The van der Waals surface area contributed by atoms with Gasteiger partial charge in [0.15, 0.2) is 11.0 Å². The van der Waals surface area contributed by atoms with Crippen LogP contribution >= 0.6 is 11.6 Å². The van der Waals surface area contributed by atoms with E-state index in [0.717, 1.165) is 19.5 Å². The first-order valence-corrected chi connectivity index (χ1v) is 5.85. The molecule has 0 bridgehead atoms. The maximum Gasteiger partial charge on any atom is 0.252 e. The Bertz CT molecular complexity index is 461. The van der Waals surface area contributed by atoms with E-state index >= 15 is 0 Å². The first kappa shape index (κ1) is 12.1. The summed E-state index contributed by atoms with van der Waals surface area (Å²) in [6.45, 7) is 6.05. The molecule has 17 heavy (non-hydrogen) atoms. The number of hydrogen-bond acceptors (Lipinski definition) is 4. The fourth-order valence-corrected chi connectivity index (χ4v) is 2.22. The van der Waals surface area contributed by atoms with E-state index in [0.29, 0.717) is 11.4 Å². The largest absolute Gasteiger partial charge is 0.365 e. The zero-order valence-electron chi connectivity index (χ0n) is 9.90. The molecule has 0 atom stereocenters. The summed E-state index contributed by atoms with van der Waals surface area (Å²) in [6.07, 6.45) is 1.05. The van der Waals surface area contributed by atoms with Crippen molar-refractivity contribution in [2.75, 3.05) is 18.0 Å². The van der Waals surface area contributed by atoms with Crippen molar-refractivity contribution in [3.05, 3.63) is 16.8 Å². The van der Waals surface area contributed by atoms with Crippen LogP contribution in [0.2, 0.25) is 5.15 Å².